The number of aliphatic hydroxyl groups excluding tert-OH is 1. The van der Waals surface area contributed by atoms with E-state index >= 15 is 0 Å². The van der Waals surface area contributed by atoms with Crippen LogP contribution in [-0.2, 0) is 4.74 Å². The van der Waals surface area contributed by atoms with Crippen LogP contribution >= 0.6 is 0 Å². The van der Waals surface area contributed by atoms with Crippen molar-refractivity contribution in [2.45, 2.75) is 19.9 Å². The summed E-state index contributed by atoms with van der Waals surface area (Å²) < 4.78 is 5.19. The Balaban J connectivity index is 2.30. The van der Waals surface area contributed by atoms with Crippen molar-refractivity contribution in [3.63, 3.8) is 0 Å². The van der Waals surface area contributed by atoms with Gasteiger partial charge < -0.3 is 15.2 Å². The molecule has 0 aromatic heterocycles. The highest BCUT2D eigenvalue weighted by Gasteiger charge is 2.05. The third-order valence-electron chi connectivity index (χ3n) is 2.59. The van der Waals surface area contributed by atoms with Crippen molar-refractivity contribution < 1.29 is 9.84 Å². The number of rotatable bonds is 7. The first-order valence-electron chi connectivity index (χ1n) is 5.73. The molecule has 1 atom stereocenters. The van der Waals surface area contributed by atoms with E-state index in [1.807, 2.05) is 0 Å². The largest absolute Gasteiger partial charge is 0.394 e. The lowest BCUT2D eigenvalue weighted by Gasteiger charge is -2.16. The van der Waals surface area contributed by atoms with E-state index < -0.39 is 0 Å². The Bertz CT molecular complexity index is 302. The third-order valence-corrected chi connectivity index (χ3v) is 2.59. The Morgan fingerprint density at radius 1 is 1.31 bits per heavy atom. The fraction of sp³-hybridized carbons (Fsp3) is 0.538. The fourth-order valence-corrected chi connectivity index (χ4v) is 1.70. The molecular formula is C13H21NO2. The van der Waals surface area contributed by atoms with Crippen LogP contribution in [0.3, 0.4) is 0 Å². The van der Waals surface area contributed by atoms with Gasteiger partial charge in [0.2, 0.25) is 0 Å². The van der Waals surface area contributed by atoms with Crippen molar-refractivity contribution in [1.29, 1.82) is 0 Å². The normalized spacial score (nSPS) is 12.7. The van der Waals surface area contributed by atoms with Crippen LogP contribution in [0.5, 0.6) is 0 Å². The molecule has 0 saturated heterocycles. The highest BCUT2D eigenvalue weighted by atomic mass is 16.5. The summed E-state index contributed by atoms with van der Waals surface area (Å²) in [5, 5.41) is 11.9. The molecule has 0 fully saturated rings. The number of nitrogens with one attached hydrogen (secondary N) is 1. The lowest BCUT2D eigenvalue weighted by atomic mass is 10.0. The Kier molecular flexibility index (Phi) is 6.08. The molecule has 0 aliphatic heterocycles. The SMILES string of the molecule is Cc1ccccc1[C@H](C)NCCOCCO. The Labute approximate surface area is 97.4 Å². The van der Waals surface area contributed by atoms with Crippen LogP contribution < -0.4 is 5.32 Å². The van der Waals surface area contributed by atoms with Crippen LogP contribution in [-0.4, -0.2) is 31.5 Å². The van der Waals surface area contributed by atoms with Crippen LogP contribution in [0.4, 0.5) is 0 Å². The highest BCUT2D eigenvalue weighted by molar-refractivity contribution is 5.28. The summed E-state index contributed by atoms with van der Waals surface area (Å²) >= 11 is 0. The molecule has 0 aliphatic carbocycles. The van der Waals surface area contributed by atoms with Crippen molar-refractivity contribution in [1.82, 2.24) is 5.32 Å². The zero-order valence-electron chi connectivity index (χ0n) is 10.1. The molecule has 0 spiro atoms. The molecule has 1 aromatic rings. The van der Waals surface area contributed by atoms with Crippen molar-refractivity contribution in [2.75, 3.05) is 26.4 Å². The van der Waals surface area contributed by atoms with Gasteiger partial charge in [-0.05, 0) is 25.0 Å². The predicted molar refractivity (Wildman–Crippen MR) is 65.5 cm³/mol. The lowest BCUT2D eigenvalue weighted by Crippen LogP contribution is -2.24. The summed E-state index contributed by atoms with van der Waals surface area (Å²) in [6.45, 7) is 6.21. The zero-order chi connectivity index (χ0) is 11.8. The minimum absolute atomic E-state index is 0.0906. The summed E-state index contributed by atoms with van der Waals surface area (Å²) in [7, 11) is 0. The average Bonchev–Trinajstić information content (AvgIpc) is 2.29. The molecule has 1 aromatic carbocycles. The zero-order valence-corrected chi connectivity index (χ0v) is 10.1. The van der Waals surface area contributed by atoms with Gasteiger partial charge in [-0.3, -0.25) is 0 Å². The molecule has 3 heteroatoms. The standard InChI is InChI=1S/C13H21NO2/c1-11-5-3-4-6-13(11)12(2)14-7-9-16-10-8-15/h3-6,12,14-15H,7-10H2,1-2H3/t12-/m0/s1. The van der Waals surface area contributed by atoms with E-state index in [0.29, 0.717) is 19.3 Å². The monoisotopic (exact) mass is 223 g/mol. The van der Waals surface area contributed by atoms with E-state index in [-0.39, 0.29) is 6.61 Å². The number of hydrogen-bond acceptors (Lipinski definition) is 3. The minimum atomic E-state index is 0.0906. The third kappa shape index (κ3) is 4.31. The van der Waals surface area contributed by atoms with Crippen LogP contribution in [0.15, 0.2) is 24.3 Å². The van der Waals surface area contributed by atoms with E-state index in [0.717, 1.165) is 6.54 Å². The smallest absolute Gasteiger partial charge is 0.0698 e. The summed E-state index contributed by atoms with van der Waals surface area (Å²) in [6.07, 6.45) is 0. The van der Waals surface area contributed by atoms with Crippen LogP contribution in [0, 0.1) is 6.92 Å². The number of aliphatic hydroxyl groups is 1. The van der Waals surface area contributed by atoms with Crippen LogP contribution in [0.1, 0.15) is 24.1 Å². The summed E-state index contributed by atoms with van der Waals surface area (Å²) in [4.78, 5) is 0. The van der Waals surface area contributed by atoms with Crippen molar-refractivity contribution in [3.05, 3.63) is 35.4 Å². The minimum Gasteiger partial charge on any atom is -0.394 e. The summed E-state index contributed by atoms with van der Waals surface area (Å²) in [5.74, 6) is 0. The van der Waals surface area contributed by atoms with E-state index in [9.17, 15) is 0 Å². The molecule has 2 N–H and O–H groups in total. The predicted octanol–water partition coefficient (Wildman–Crippen LogP) is 1.65. The molecule has 0 radical (unpaired) electrons. The van der Waals surface area contributed by atoms with Gasteiger partial charge in [0.15, 0.2) is 0 Å². The van der Waals surface area contributed by atoms with Gasteiger partial charge in [-0.25, -0.2) is 0 Å². The second kappa shape index (κ2) is 7.39. The maximum absolute atomic E-state index is 8.54. The molecule has 0 amide bonds. The molecule has 90 valence electrons. The molecule has 0 bridgehead atoms. The fourth-order valence-electron chi connectivity index (χ4n) is 1.70. The van der Waals surface area contributed by atoms with Crippen LogP contribution in [0.25, 0.3) is 0 Å². The Morgan fingerprint density at radius 2 is 2.06 bits per heavy atom. The van der Waals surface area contributed by atoms with Crippen molar-refractivity contribution in [3.8, 4) is 0 Å². The molecule has 0 saturated carbocycles. The first-order chi connectivity index (χ1) is 7.75. The summed E-state index contributed by atoms with van der Waals surface area (Å²) in [6, 6.07) is 8.70. The molecule has 3 nitrogen and oxygen atoms in total. The van der Waals surface area contributed by atoms with E-state index in [1.54, 1.807) is 0 Å². The first kappa shape index (κ1) is 13.2. The maximum Gasteiger partial charge on any atom is 0.0698 e. The van der Waals surface area contributed by atoms with Gasteiger partial charge in [0.1, 0.15) is 0 Å². The quantitative estimate of drug-likeness (QED) is 0.691. The van der Waals surface area contributed by atoms with Crippen LogP contribution in [0.2, 0.25) is 0 Å². The Hall–Kier alpha value is -0.900. The number of benzene rings is 1. The second-order valence-corrected chi connectivity index (χ2v) is 3.87. The van der Waals surface area contributed by atoms with Gasteiger partial charge in [0.25, 0.3) is 0 Å². The van der Waals surface area contributed by atoms with E-state index in [2.05, 4.69) is 43.4 Å². The number of hydrogen-bond donors (Lipinski definition) is 2. The molecule has 0 aliphatic rings. The van der Waals surface area contributed by atoms with Crippen molar-refractivity contribution in [2.24, 2.45) is 0 Å². The van der Waals surface area contributed by atoms with Gasteiger partial charge in [-0.15, -0.1) is 0 Å². The van der Waals surface area contributed by atoms with Gasteiger partial charge >= 0.3 is 0 Å². The van der Waals surface area contributed by atoms with Gasteiger partial charge in [0, 0.05) is 12.6 Å². The van der Waals surface area contributed by atoms with Crippen molar-refractivity contribution >= 4 is 0 Å². The number of ether oxygens (including phenoxy) is 1. The maximum atomic E-state index is 8.54. The molecule has 16 heavy (non-hydrogen) atoms. The van der Waals surface area contributed by atoms with Gasteiger partial charge in [0.05, 0.1) is 19.8 Å². The van der Waals surface area contributed by atoms with E-state index in [4.69, 9.17) is 9.84 Å². The van der Waals surface area contributed by atoms with Gasteiger partial charge in [-0.2, -0.15) is 0 Å². The highest BCUT2D eigenvalue weighted by Crippen LogP contribution is 2.15. The number of aryl methyl sites for hydroxylation is 1. The second-order valence-electron chi connectivity index (χ2n) is 3.87. The lowest BCUT2D eigenvalue weighted by molar-refractivity contribution is 0.0928. The van der Waals surface area contributed by atoms with Gasteiger partial charge in [-0.1, -0.05) is 24.3 Å². The summed E-state index contributed by atoms with van der Waals surface area (Å²) in [5.41, 5.74) is 2.63. The average molecular weight is 223 g/mol. The first-order valence-corrected chi connectivity index (χ1v) is 5.73. The molecule has 1 rings (SSSR count). The Morgan fingerprint density at radius 3 is 2.75 bits per heavy atom. The topological polar surface area (TPSA) is 41.5 Å². The molecule has 0 heterocycles. The molecule has 0 unspecified atom stereocenters. The van der Waals surface area contributed by atoms with E-state index in [1.165, 1.54) is 11.1 Å². The molecular weight excluding hydrogens is 202 g/mol.